The number of hydrogen-bond donors (Lipinski definition) is 0. The molecule has 0 fully saturated rings. The lowest BCUT2D eigenvalue weighted by atomic mass is 9.68. The van der Waals surface area contributed by atoms with Gasteiger partial charge >= 0.3 is 0 Å². The Labute approximate surface area is 706 Å². The third kappa shape index (κ3) is 24.2. The van der Waals surface area contributed by atoms with Crippen LogP contribution in [-0.2, 0) is 10.8 Å². The second-order valence-electron chi connectivity index (χ2n) is 35.5. The summed E-state index contributed by atoms with van der Waals surface area (Å²) in [6, 6.07) is 15.9. The molecule has 6 heterocycles. The van der Waals surface area contributed by atoms with Gasteiger partial charge in [0.1, 0.15) is 32.1 Å². The number of nitrogens with zero attached hydrogens (tertiary/aromatic N) is 6. The van der Waals surface area contributed by atoms with Crippen LogP contribution in [0.4, 0.5) is 0 Å². The third-order valence-electron chi connectivity index (χ3n) is 26.4. The van der Waals surface area contributed by atoms with E-state index in [4.69, 9.17) is 27.5 Å². The SMILES string of the molecule is CCCCCCCCCCCCCCCCC1(CCCCCCCCCCCCCCCC)c2cc3c(cc2-c2c1cc(C)c1nsnc21)C(CCCCCCCCCCCCCCCC)(CCCCCCCCCCCCCCCC)c1cc(-c2cc(C)c(-c4nc5sc(-c6sc(C)cc6C)nc5s4)s2)c2nsnc2c1-3. The molecule has 0 aliphatic heterocycles. The molecule has 6 nitrogen and oxygen atoms in total. The van der Waals surface area contributed by atoms with E-state index in [0.29, 0.717) is 0 Å². The zero-order chi connectivity index (χ0) is 78.0. The van der Waals surface area contributed by atoms with Gasteiger partial charge in [-0.15, -0.1) is 22.7 Å². The van der Waals surface area contributed by atoms with E-state index in [0.717, 1.165) is 54.6 Å². The second-order valence-corrected chi connectivity index (χ2v) is 40.8. The first-order valence-corrected chi connectivity index (χ1v) is 52.1. The minimum absolute atomic E-state index is 0.112. The van der Waals surface area contributed by atoms with Gasteiger partial charge in [0.05, 0.1) is 33.2 Å². The smallest absolute Gasteiger partial charge is 0.155 e. The number of hydrogen-bond acceptors (Lipinski definition) is 12. The minimum atomic E-state index is -0.184. The van der Waals surface area contributed by atoms with Gasteiger partial charge in [0, 0.05) is 37.3 Å². The Bertz CT molecular complexity index is 4070. The summed E-state index contributed by atoms with van der Waals surface area (Å²) in [4.78, 5) is 17.9. The summed E-state index contributed by atoms with van der Waals surface area (Å²) in [5.41, 5.74) is 21.4. The molecule has 0 unspecified atom stereocenters. The number of aryl methyl sites for hydroxylation is 4. The van der Waals surface area contributed by atoms with Crippen molar-refractivity contribution in [2.75, 3.05) is 0 Å². The van der Waals surface area contributed by atoms with Crippen molar-refractivity contribution < 1.29 is 0 Å². The van der Waals surface area contributed by atoms with Gasteiger partial charge in [0.2, 0.25) is 0 Å². The molecule has 0 amide bonds. The maximum Gasteiger partial charge on any atom is 0.155 e. The highest BCUT2D eigenvalue weighted by Gasteiger charge is 2.50. The highest BCUT2D eigenvalue weighted by molar-refractivity contribution is 7.32. The molecule has 2 aliphatic rings. The van der Waals surface area contributed by atoms with Gasteiger partial charge in [0.15, 0.2) is 9.66 Å². The maximum absolute atomic E-state index is 5.59. The molecule has 0 spiro atoms. The van der Waals surface area contributed by atoms with Crippen molar-refractivity contribution in [3.63, 3.8) is 0 Å². The van der Waals surface area contributed by atoms with Gasteiger partial charge < -0.3 is 0 Å². The zero-order valence-corrected chi connectivity index (χ0v) is 76.9. The third-order valence-corrected chi connectivity index (χ3v) is 32.3. The highest BCUT2D eigenvalue weighted by Crippen LogP contribution is 2.64. The van der Waals surface area contributed by atoms with Crippen LogP contribution < -0.4 is 0 Å². The summed E-state index contributed by atoms with van der Waals surface area (Å²) in [5.74, 6) is 0. The zero-order valence-electron chi connectivity index (χ0n) is 72.0. The van der Waals surface area contributed by atoms with Gasteiger partial charge in [-0.2, -0.15) is 17.5 Å². The van der Waals surface area contributed by atoms with Gasteiger partial charge in [-0.25, -0.2) is 9.97 Å². The highest BCUT2D eigenvalue weighted by atomic mass is 32.1. The molecule has 616 valence electrons. The average Bonchev–Trinajstić information content (AvgIpc) is 1.51. The summed E-state index contributed by atoms with van der Waals surface area (Å²) >= 11 is 10.2. The second kappa shape index (κ2) is 48.3. The van der Waals surface area contributed by atoms with Crippen molar-refractivity contribution >= 4 is 101 Å². The van der Waals surface area contributed by atoms with Crippen LogP contribution in [0.25, 0.3) is 84.2 Å². The Morgan fingerprint density at radius 2 is 0.527 bits per heavy atom. The van der Waals surface area contributed by atoms with E-state index >= 15 is 0 Å². The number of thiophene rings is 2. The molecule has 11 rings (SSSR count). The molecule has 2 aliphatic carbocycles. The van der Waals surface area contributed by atoms with Gasteiger partial charge in [-0.3, -0.25) is 0 Å². The predicted octanol–water partition coefficient (Wildman–Crippen LogP) is 36.1. The van der Waals surface area contributed by atoms with Crippen LogP contribution in [0.15, 0.2) is 36.4 Å². The van der Waals surface area contributed by atoms with Gasteiger partial charge in [-0.05, 0) is 134 Å². The summed E-state index contributed by atoms with van der Waals surface area (Å²) in [5, 5.41) is 2.18. The molecule has 3 aromatic carbocycles. The van der Waals surface area contributed by atoms with E-state index in [1.165, 1.54) is 465 Å². The number of thiazole rings is 2. The van der Waals surface area contributed by atoms with Crippen LogP contribution in [0.3, 0.4) is 0 Å². The average molecular weight is 1630 g/mol. The molecule has 112 heavy (non-hydrogen) atoms. The normalized spacial score (nSPS) is 13.5. The summed E-state index contributed by atoms with van der Waals surface area (Å²) < 4.78 is 21.6. The van der Waals surface area contributed by atoms with Crippen molar-refractivity contribution in [3.05, 3.63) is 80.2 Å². The molecule has 0 saturated carbocycles. The first-order chi connectivity index (χ1) is 55.1. The van der Waals surface area contributed by atoms with Crippen molar-refractivity contribution in [3.8, 4) is 52.5 Å². The molecule has 0 radical (unpaired) electrons. The molecule has 0 bridgehead atoms. The quantitative estimate of drug-likeness (QED) is 0.0354. The fourth-order valence-electron chi connectivity index (χ4n) is 20.0. The summed E-state index contributed by atoms with van der Waals surface area (Å²) in [6.45, 7) is 18.4. The Kier molecular flexibility index (Phi) is 38.4. The Hall–Kier alpha value is -3.78. The van der Waals surface area contributed by atoms with E-state index in [1.54, 1.807) is 39.4 Å². The molecule has 0 saturated heterocycles. The lowest BCUT2D eigenvalue weighted by molar-refractivity contribution is 0.393. The van der Waals surface area contributed by atoms with Crippen LogP contribution in [0.2, 0.25) is 0 Å². The largest absolute Gasteiger partial charge is 0.222 e. The van der Waals surface area contributed by atoms with Crippen molar-refractivity contribution in [2.24, 2.45) is 0 Å². The molecular weight excluding hydrogens is 1480 g/mol. The van der Waals surface area contributed by atoms with Crippen LogP contribution in [0.1, 0.15) is 457 Å². The number of unbranched alkanes of at least 4 members (excludes halogenated alkanes) is 52. The predicted molar refractivity (Wildman–Crippen MR) is 500 cm³/mol. The van der Waals surface area contributed by atoms with E-state index < -0.39 is 0 Å². The van der Waals surface area contributed by atoms with Crippen LogP contribution in [0, 0.1) is 27.7 Å². The van der Waals surface area contributed by atoms with Crippen LogP contribution in [-0.4, -0.2) is 27.5 Å². The first-order valence-electron chi connectivity index (χ1n) is 47.4. The Balaban J connectivity index is 0.939. The van der Waals surface area contributed by atoms with Crippen LogP contribution >= 0.6 is 68.8 Å². The molecule has 0 N–H and O–H groups in total. The molecule has 9 aromatic rings. The topological polar surface area (TPSA) is 77.3 Å². The number of rotatable bonds is 63. The van der Waals surface area contributed by atoms with Crippen LogP contribution in [0.5, 0.6) is 0 Å². The monoisotopic (exact) mass is 1630 g/mol. The maximum atomic E-state index is 5.59. The van der Waals surface area contributed by atoms with Crippen molar-refractivity contribution in [2.45, 2.75) is 451 Å². The molecule has 0 atom stereocenters. The van der Waals surface area contributed by atoms with Gasteiger partial charge in [-0.1, -0.05) is 416 Å². The fraction of sp³-hybridized carbons (Fsp3) is 0.700. The van der Waals surface area contributed by atoms with E-state index in [-0.39, 0.29) is 10.8 Å². The van der Waals surface area contributed by atoms with E-state index in [1.807, 2.05) is 22.7 Å². The molecule has 12 heteroatoms. The van der Waals surface area contributed by atoms with Crippen molar-refractivity contribution in [1.82, 2.24) is 27.5 Å². The summed E-state index contributed by atoms with van der Waals surface area (Å²) in [6.07, 6.45) is 81.9. The minimum Gasteiger partial charge on any atom is -0.222 e. The number of aromatic nitrogens is 6. The lowest BCUT2D eigenvalue weighted by Gasteiger charge is -2.35. The Morgan fingerprint density at radius 1 is 0.250 bits per heavy atom. The van der Waals surface area contributed by atoms with E-state index in [9.17, 15) is 0 Å². The lowest BCUT2D eigenvalue weighted by Crippen LogP contribution is -2.27. The summed E-state index contributed by atoms with van der Waals surface area (Å²) in [7, 11) is 0. The number of benzene rings is 3. The van der Waals surface area contributed by atoms with Gasteiger partial charge in [0.25, 0.3) is 0 Å². The number of fused-ring (bicyclic) bond motifs is 11. The first kappa shape index (κ1) is 89.0. The van der Waals surface area contributed by atoms with Crippen molar-refractivity contribution in [1.29, 1.82) is 0 Å². The van der Waals surface area contributed by atoms with E-state index in [2.05, 4.69) is 91.8 Å². The fourth-order valence-corrected chi connectivity index (χ4v) is 25.7. The Morgan fingerprint density at radius 3 is 0.857 bits per heavy atom. The molecular formula is C100H150N6S6. The standard InChI is InChI=1S/C100H150N6S6/c1-9-13-17-21-25-29-33-37-41-45-49-53-57-61-65-99(66-62-58-54-50-46-42-38-34-30-26-22-18-14-10-2)82-73-80-83(72-79(82)87-84(99)70-75(5)89-91(87)105-111-103-89)100(67-63-59-55-51-47-43-39-35-31-27-23-19-15-11-3,68-64-60-56-52-48-44-40-36-32-28-24-20-16-12-4)85-74-81(90-92(88(80)85)106-112-104-90)86-71-77(7)94(108-86)96-102-98-97(110-96)101-95(109-98)93-76(6)69-78(8)107-93/h69-74H,9-68H2,1-8H3. The molecule has 6 aromatic heterocycles.